The van der Waals surface area contributed by atoms with E-state index < -0.39 is 12.0 Å². The first-order valence-electron chi connectivity index (χ1n) is 3.85. The van der Waals surface area contributed by atoms with E-state index in [1.54, 1.807) is 6.07 Å². The molecular formula is C8H11N3O2. The van der Waals surface area contributed by atoms with Gasteiger partial charge in [-0.05, 0) is 13.0 Å². The maximum Gasteiger partial charge on any atom is 0.320 e. The highest BCUT2D eigenvalue weighted by Gasteiger charge is 2.12. The average molecular weight is 181 g/mol. The molecule has 0 bridgehead atoms. The van der Waals surface area contributed by atoms with Crippen molar-refractivity contribution in [2.75, 3.05) is 0 Å². The first-order valence-corrected chi connectivity index (χ1v) is 3.85. The van der Waals surface area contributed by atoms with E-state index in [0.717, 1.165) is 5.69 Å². The van der Waals surface area contributed by atoms with Crippen LogP contribution in [0.4, 0.5) is 0 Å². The molecule has 0 aliphatic carbocycles. The Bertz CT molecular complexity index is 314. The summed E-state index contributed by atoms with van der Waals surface area (Å²) in [6.07, 6.45) is 1.64. The van der Waals surface area contributed by atoms with Gasteiger partial charge in [0.1, 0.15) is 12.4 Å². The lowest BCUT2D eigenvalue weighted by Gasteiger charge is -2.04. The van der Waals surface area contributed by atoms with Gasteiger partial charge in [0, 0.05) is 17.8 Å². The third-order valence-electron chi connectivity index (χ3n) is 1.61. The Labute approximate surface area is 75.6 Å². The summed E-state index contributed by atoms with van der Waals surface area (Å²) in [5, 5.41) is 8.54. The number of aryl methyl sites for hydroxylation is 1. The maximum absolute atomic E-state index is 10.4. The Morgan fingerprint density at radius 2 is 2.38 bits per heavy atom. The molecule has 5 nitrogen and oxygen atoms in total. The molecule has 0 aliphatic heterocycles. The van der Waals surface area contributed by atoms with Gasteiger partial charge >= 0.3 is 5.97 Å². The zero-order valence-electron chi connectivity index (χ0n) is 7.27. The molecule has 0 aliphatic rings. The summed E-state index contributed by atoms with van der Waals surface area (Å²) in [6, 6.07) is 0.831. The second-order valence-corrected chi connectivity index (χ2v) is 2.80. The molecule has 13 heavy (non-hydrogen) atoms. The summed E-state index contributed by atoms with van der Waals surface area (Å²) in [5.74, 6) is -1.02. The van der Waals surface area contributed by atoms with E-state index in [1.807, 2.05) is 6.92 Å². The number of aromatic nitrogens is 2. The van der Waals surface area contributed by atoms with Gasteiger partial charge in [-0.1, -0.05) is 0 Å². The monoisotopic (exact) mass is 181 g/mol. The van der Waals surface area contributed by atoms with Crippen molar-refractivity contribution in [3.8, 4) is 0 Å². The molecule has 1 rings (SSSR count). The number of nitrogens with two attached hydrogens (primary N) is 1. The molecule has 1 heterocycles. The van der Waals surface area contributed by atoms with Gasteiger partial charge in [0.25, 0.3) is 0 Å². The predicted octanol–water partition coefficient (Wildman–Crippen LogP) is -0.261. The fourth-order valence-corrected chi connectivity index (χ4v) is 0.934. The number of hydrogen-bond donors (Lipinski definition) is 2. The Morgan fingerprint density at radius 1 is 1.69 bits per heavy atom. The smallest absolute Gasteiger partial charge is 0.320 e. The van der Waals surface area contributed by atoms with Gasteiger partial charge in [0.05, 0.1) is 0 Å². The summed E-state index contributed by atoms with van der Waals surface area (Å²) >= 11 is 0. The fourth-order valence-electron chi connectivity index (χ4n) is 0.934. The first-order chi connectivity index (χ1) is 6.09. The number of nitrogens with zero attached hydrogens (tertiary/aromatic N) is 2. The van der Waals surface area contributed by atoms with E-state index in [1.165, 1.54) is 6.33 Å². The van der Waals surface area contributed by atoms with Crippen LogP contribution in [0.1, 0.15) is 11.4 Å². The molecule has 0 radical (unpaired) electrons. The summed E-state index contributed by atoms with van der Waals surface area (Å²) < 4.78 is 0. The predicted molar refractivity (Wildman–Crippen MR) is 46.1 cm³/mol. The third kappa shape index (κ3) is 2.79. The van der Waals surface area contributed by atoms with Crippen molar-refractivity contribution in [3.63, 3.8) is 0 Å². The van der Waals surface area contributed by atoms with Gasteiger partial charge in [-0.25, -0.2) is 9.97 Å². The molecule has 0 aromatic carbocycles. The minimum Gasteiger partial charge on any atom is -0.480 e. The minimum absolute atomic E-state index is 0.235. The molecule has 0 saturated carbocycles. The van der Waals surface area contributed by atoms with Crippen LogP contribution < -0.4 is 5.73 Å². The van der Waals surface area contributed by atoms with Crippen LogP contribution in [0.25, 0.3) is 0 Å². The van der Waals surface area contributed by atoms with Crippen molar-refractivity contribution in [1.29, 1.82) is 0 Å². The number of hydrogen-bond acceptors (Lipinski definition) is 4. The minimum atomic E-state index is -1.02. The second kappa shape index (κ2) is 3.95. The van der Waals surface area contributed by atoms with Crippen molar-refractivity contribution in [2.24, 2.45) is 5.73 Å². The highest BCUT2D eigenvalue weighted by atomic mass is 16.4. The highest BCUT2D eigenvalue weighted by molar-refractivity contribution is 5.73. The van der Waals surface area contributed by atoms with Crippen molar-refractivity contribution >= 4 is 5.97 Å². The van der Waals surface area contributed by atoms with Crippen LogP contribution in [0.5, 0.6) is 0 Å². The van der Waals surface area contributed by atoms with Crippen molar-refractivity contribution in [3.05, 3.63) is 23.8 Å². The maximum atomic E-state index is 10.4. The first kappa shape index (κ1) is 9.60. The summed E-state index contributed by atoms with van der Waals surface area (Å²) in [6.45, 7) is 1.82. The van der Waals surface area contributed by atoms with Gasteiger partial charge < -0.3 is 10.8 Å². The van der Waals surface area contributed by atoms with Crippen LogP contribution in [0.15, 0.2) is 12.4 Å². The van der Waals surface area contributed by atoms with Crippen LogP contribution >= 0.6 is 0 Å². The molecule has 1 atom stereocenters. The SMILES string of the molecule is Cc1cc(C[C@H](N)C(=O)O)ncn1. The molecule has 0 unspecified atom stereocenters. The Morgan fingerprint density at radius 3 is 2.92 bits per heavy atom. The van der Waals surface area contributed by atoms with Gasteiger partial charge in [0.2, 0.25) is 0 Å². The van der Waals surface area contributed by atoms with Crippen molar-refractivity contribution in [1.82, 2.24) is 9.97 Å². The summed E-state index contributed by atoms with van der Waals surface area (Å²) in [7, 11) is 0. The molecular weight excluding hydrogens is 170 g/mol. The second-order valence-electron chi connectivity index (χ2n) is 2.80. The molecule has 70 valence electrons. The van der Waals surface area contributed by atoms with E-state index in [-0.39, 0.29) is 6.42 Å². The van der Waals surface area contributed by atoms with Crippen LogP contribution in [0.2, 0.25) is 0 Å². The summed E-state index contributed by atoms with van der Waals surface area (Å²) in [4.78, 5) is 18.2. The van der Waals surface area contributed by atoms with Gasteiger partial charge in [-0.15, -0.1) is 0 Å². The number of carbonyl (C=O) groups is 1. The van der Waals surface area contributed by atoms with Crippen LogP contribution in [-0.2, 0) is 11.2 Å². The topological polar surface area (TPSA) is 89.1 Å². The molecule has 0 saturated heterocycles. The number of aliphatic carboxylic acids is 1. The Kier molecular flexibility index (Phi) is 2.92. The van der Waals surface area contributed by atoms with Gasteiger partial charge in [-0.2, -0.15) is 0 Å². The van der Waals surface area contributed by atoms with Gasteiger partial charge in [-0.3, -0.25) is 4.79 Å². The number of rotatable bonds is 3. The standard InChI is InChI=1S/C8H11N3O2/c1-5-2-6(11-4-10-5)3-7(9)8(12)13/h2,4,7H,3,9H2,1H3,(H,12,13)/t7-/m0/s1. The lowest BCUT2D eigenvalue weighted by molar-refractivity contribution is -0.138. The third-order valence-corrected chi connectivity index (χ3v) is 1.61. The quantitative estimate of drug-likeness (QED) is 0.670. The lowest BCUT2D eigenvalue weighted by atomic mass is 10.1. The Hall–Kier alpha value is -1.49. The zero-order chi connectivity index (χ0) is 9.84. The zero-order valence-corrected chi connectivity index (χ0v) is 7.27. The van der Waals surface area contributed by atoms with Gasteiger partial charge in [0.15, 0.2) is 0 Å². The van der Waals surface area contributed by atoms with Crippen LogP contribution in [-0.4, -0.2) is 27.1 Å². The van der Waals surface area contributed by atoms with Crippen LogP contribution in [0.3, 0.4) is 0 Å². The molecule has 0 fully saturated rings. The molecule has 3 N–H and O–H groups in total. The van der Waals surface area contributed by atoms with Crippen LogP contribution in [0, 0.1) is 6.92 Å². The van der Waals surface area contributed by atoms with E-state index in [0.29, 0.717) is 5.69 Å². The van der Waals surface area contributed by atoms with Crippen molar-refractivity contribution in [2.45, 2.75) is 19.4 Å². The van der Waals surface area contributed by atoms with Crippen molar-refractivity contribution < 1.29 is 9.90 Å². The number of carboxylic acids is 1. The number of carboxylic acid groups (broad SMARTS) is 1. The lowest BCUT2D eigenvalue weighted by Crippen LogP contribution is -2.32. The molecule has 5 heteroatoms. The molecule has 0 amide bonds. The Balaban J connectivity index is 2.69. The molecule has 0 spiro atoms. The molecule has 1 aromatic rings. The highest BCUT2D eigenvalue weighted by Crippen LogP contribution is 1.99. The van der Waals surface area contributed by atoms with E-state index >= 15 is 0 Å². The van der Waals surface area contributed by atoms with E-state index in [9.17, 15) is 4.79 Å². The van der Waals surface area contributed by atoms with E-state index in [4.69, 9.17) is 10.8 Å². The largest absolute Gasteiger partial charge is 0.480 e. The average Bonchev–Trinajstić information content (AvgIpc) is 2.04. The normalized spacial score (nSPS) is 12.5. The van der Waals surface area contributed by atoms with E-state index in [2.05, 4.69) is 9.97 Å². The molecule has 1 aromatic heterocycles. The fraction of sp³-hybridized carbons (Fsp3) is 0.375. The summed E-state index contributed by atoms with van der Waals surface area (Å²) in [5.41, 5.74) is 6.80.